The van der Waals surface area contributed by atoms with Gasteiger partial charge in [0.15, 0.2) is 5.96 Å². The third kappa shape index (κ3) is 5.50. The zero-order valence-corrected chi connectivity index (χ0v) is 17.4. The van der Waals surface area contributed by atoms with E-state index in [0.717, 1.165) is 11.5 Å². The van der Waals surface area contributed by atoms with Gasteiger partial charge in [0.25, 0.3) is 0 Å². The number of likely N-dealkylation sites (tertiary alicyclic amines) is 1. The number of carbonyl (C=O) groups is 1. The molecule has 2 fully saturated rings. The summed E-state index contributed by atoms with van der Waals surface area (Å²) in [5.41, 5.74) is 0. The summed E-state index contributed by atoms with van der Waals surface area (Å²) in [7, 11) is -1.86. The van der Waals surface area contributed by atoms with Crippen molar-refractivity contribution in [2.24, 2.45) is 16.8 Å². The molecule has 0 aromatic carbocycles. The van der Waals surface area contributed by atoms with Gasteiger partial charge in [0.05, 0.1) is 25.3 Å². The van der Waals surface area contributed by atoms with E-state index in [1.54, 1.807) is 16.1 Å². The maximum atomic E-state index is 12.4. The molecule has 1 N–H and O–H groups in total. The van der Waals surface area contributed by atoms with E-state index in [2.05, 4.69) is 10.3 Å². The average Bonchev–Trinajstić information content (AvgIpc) is 3.02. The Morgan fingerprint density at radius 1 is 1.31 bits per heavy atom. The molecule has 0 aromatic rings. The first-order chi connectivity index (χ1) is 12.4. The van der Waals surface area contributed by atoms with Crippen LogP contribution >= 0.6 is 11.8 Å². The average molecular weight is 407 g/mol. The molecule has 2 heterocycles. The minimum Gasteiger partial charge on any atom is -0.469 e. The highest BCUT2D eigenvalue weighted by Crippen LogP contribution is 2.24. The Morgan fingerprint density at radius 3 is 2.62 bits per heavy atom. The molecule has 2 rings (SSSR count). The van der Waals surface area contributed by atoms with E-state index < -0.39 is 10.0 Å². The van der Waals surface area contributed by atoms with Crippen molar-refractivity contribution in [3.05, 3.63) is 0 Å². The Hall–Kier alpha value is -1.00. The van der Waals surface area contributed by atoms with Crippen LogP contribution in [-0.4, -0.2) is 93.2 Å². The molecule has 0 aromatic heterocycles. The zero-order chi connectivity index (χ0) is 19.2. The number of esters is 1. The SMILES string of the molecule is CCNC(=NCCS(=O)(=O)N1CCSCC1)N1CC(C)C(C(=O)OC)C1. The molecule has 0 saturated carbocycles. The smallest absolute Gasteiger partial charge is 0.310 e. The number of sulfonamides is 1. The Labute approximate surface area is 160 Å². The van der Waals surface area contributed by atoms with E-state index in [1.165, 1.54) is 7.11 Å². The third-order valence-corrected chi connectivity index (χ3v) is 7.52. The Balaban J connectivity index is 1.97. The van der Waals surface area contributed by atoms with Crippen LogP contribution in [0.5, 0.6) is 0 Å². The van der Waals surface area contributed by atoms with Crippen molar-refractivity contribution in [3.8, 4) is 0 Å². The number of carbonyl (C=O) groups excluding carboxylic acids is 1. The van der Waals surface area contributed by atoms with Crippen LogP contribution in [0.25, 0.3) is 0 Å². The fourth-order valence-corrected chi connectivity index (χ4v) is 5.70. The van der Waals surface area contributed by atoms with Crippen molar-refractivity contribution in [1.29, 1.82) is 0 Å². The Kier molecular flexibility index (Phi) is 8.03. The molecule has 2 atom stereocenters. The number of rotatable bonds is 6. The molecule has 150 valence electrons. The molecule has 2 unspecified atom stereocenters. The number of hydrogen-bond donors (Lipinski definition) is 1. The largest absolute Gasteiger partial charge is 0.469 e. The molecular formula is C16H30N4O4S2. The first-order valence-corrected chi connectivity index (χ1v) is 11.8. The Bertz CT molecular complexity index is 605. The summed E-state index contributed by atoms with van der Waals surface area (Å²) >= 11 is 1.78. The quantitative estimate of drug-likeness (QED) is 0.379. The van der Waals surface area contributed by atoms with Gasteiger partial charge in [-0.05, 0) is 12.8 Å². The van der Waals surface area contributed by atoms with Gasteiger partial charge in [0.1, 0.15) is 0 Å². The second kappa shape index (κ2) is 9.80. The maximum Gasteiger partial charge on any atom is 0.310 e. The molecule has 0 spiro atoms. The van der Waals surface area contributed by atoms with Crippen LogP contribution in [0, 0.1) is 11.8 Å². The number of nitrogens with zero attached hydrogens (tertiary/aromatic N) is 3. The molecule has 0 amide bonds. The monoisotopic (exact) mass is 406 g/mol. The highest BCUT2D eigenvalue weighted by atomic mass is 32.2. The molecule has 8 nitrogen and oxygen atoms in total. The summed E-state index contributed by atoms with van der Waals surface area (Å²) in [5.74, 6) is 2.16. The van der Waals surface area contributed by atoms with Crippen LogP contribution < -0.4 is 5.32 Å². The van der Waals surface area contributed by atoms with Crippen molar-refractivity contribution < 1.29 is 17.9 Å². The lowest BCUT2D eigenvalue weighted by Crippen LogP contribution is -2.42. The summed E-state index contributed by atoms with van der Waals surface area (Å²) in [6.45, 7) is 7.28. The molecular weight excluding hydrogens is 376 g/mol. The van der Waals surface area contributed by atoms with Gasteiger partial charge in [-0.25, -0.2) is 12.7 Å². The van der Waals surface area contributed by atoms with E-state index in [9.17, 15) is 13.2 Å². The van der Waals surface area contributed by atoms with Crippen molar-refractivity contribution in [1.82, 2.24) is 14.5 Å². The first kappa shape index (κ1) is 21.3. The molecule has 0 aliphatic carbocycles. The van der Waals surface area contributed by atoms with Crippen molar-refractivity contribution in [3.63, 3.8) is 0 Å². The van der Waals surface area contributed by atoms with Crippen LogP contribution in [0.1, 0.15) is 13.8 Å². The second-order valence-corrected chi connectivity index (χ2v) is 9.89. The Morgan fingerprint density at radius 2 is 2.00 bits per heavy atom. The van der Waals surface area contributed by atoms with Gasteiger partial charge in [-0.15, -0.1) is 0 Å². The van der Waals surface area contributed by atoms with E-state index in [0.29, 0.717) is 38.7 Å². The molecule has 2 saturated heterocycles. The van der Waals surface area contributed by atoms with Crippen molar-refractivity contribution in [2.45, 2.75) is 13.8 Å². The second-order valence-electron chi connectivity index (χ2n) is 6.58. The van der Waals surface area contributed by atoms with E-state index in [-0.39, 0.29) is 30.1 Å². The molecule has 10 heteroatoms. The highest BCUT2D eigenvalue weighted by Gasteiger charge is 2.37. The molecule has 2 aliphatic heterocycles. The van der Waals surface area contributed by atoms with Gasteiger partial charge in [0, 0.05) is 44.2 Å². The van der Waals surface area contributed by atoms with Gasteiger partial charge in [0.2, 0.25) is 10.0 Å². The van der Waals surface area contributed by atoms with Crippen LogP contribution in [0.15, 0.2) is 4.99 Å². The maximum absolute atomic E-state index is 12.4. The van der Waals surface area contributed by atoms with E-state index >= 15 is 0 Å². The minimum atomic E-state index is -3.26. The normalized spacial score (nSPS) is 25.3. The number of guanidine groups is 1. The fraction of sp³-hybridized carbons (Fsp3) is 0.875. The van der Waals surface area contributed by atoms with Crippen LogP contribution in [0.3, 0.4) is 0 Å². The van der Waals surface area contributed by atoms with Gasteiger partial charge in [-0.2, -0.15) is 11.8 Å². The van der Waals surface area contributed by atoms with Crippen LogP contribution in [-0.2, 0) is 19.6 Å². The number of hydrogen-bond acceptors (Lipinski definition) is 6. The topological polar surface area (TPSA) is 91.3 Å². The van der Waals surface area contributed by atoms with Gasteiger partial charge < -0.3 is 15.0 Å². The fourth-order valence-electron chi connectivity index (χ4n) is 3.24. The zero-order valence-electron chi connectivity index (χ0n) is 15.8. The van der Waals surface area contributed by atoms with Crippen LogP contribution in [0.2, 0.25) is 0 Å². The standard InChI is InChI=1S/C16H30N4O4S2/c1-4-17-16(19-11-13(2)14(12-19)15(21)24-3)18-5-10-26(22,23)20-6-8-25-9-7-20/h13-14H,4-12H2,1-3H3,(H,17,18). The van der Waals surface area contributed by atoms with Crippen molar-refractivity contribution in [2.75, 3.05) is 63.6 Å². The number of nitrogens with one attached hydrogen (secondary N) is 1. The number of methoxy groups -OCH3 is 1. The summed E-state index contributed by atoms with van der Waals surface area (Å²) in [5, 5.41) is 3.20. The van der Waals surface area contributed by atoms with Crippen LogP contribution in [0.4, 0.5) is 0 Å². The molecule has 2 aliphatic rings. The summed E-state index contributed by atoms with van der Waals surface area (Å²) in [6, 6.07) is 0. The predicted molar refractivity (Wildman–Crippen MR) is 105 cm³/mol. The lowest BCUT2D eigenvalue weighted by atomic mass is 9.99. The van der Waals surface area contributed by atoms with E-state index in [4.69, 9.17) is 4.74 Å². The lowest BCUT2D eigenvalue weighted by Gasteiger charge is -2.25. The number of thioether (sulfide) groups is 1. The highest BCUT2D eigenvalue weighted by molar-refractivity contribution is 7.99. The minimum absolute atomic E-state index is 0.0103. The predicted octanol–water partition coefficient (Wildman–Crippen LogP) is 0.0714. The van der Waals surface area contributed by atoms with Gasteiger partial charge >= 0.3 is 5.97 Å². The third-order valence-electron chi connectivity index (χ3n) is 4.72. The molecule has 0 radical (unpaired) electrons. The lowest BCUT2D eigenvalue weighted by molar-refractivity contribution is -0.145. The van der Waals surface area contributed by atoms with Gasteiger partial charge in [-0.1, -0.05) is 6.92 Å². The summed E-state index contributed by atoms with van der Waals surface area (Å²) in [4.78, 5) is 18.4. The molecule has 0 bridgehead atoms. The van der Waals surface area contributed by atoms with Crippen molar-refractivity contribution >= 4 is 33.7 Å². The summed E-state index contributed by atoms with van der Waals surface area (Å²) in [6.07, 6.45) is 0. The van der Waals surface area contributed by atoms with Gasteiger partial charge in [-0.3, -0.25) is 9.79 Å². The first-order valence-electron chi connectivity index (χ1n) is 9.05. The number of aliphatic imine (C=N–C) groups is 1. The number of ether oxygens (including phenoxy) is 1. The summed E-state index contributed by atoms with van der Waals surface area (Å²) < 4.78 is 31.3. The van der Waals surface area contributed by atoms with E-state index in [1.807, 2.05) is 18.7 Å². The molecule has 26 heavy (non-hydrogen) atoms.